The first kappa shape index (κ1) is 22.8. The lowest BCUT2D eigenvalue weighted by Crippen LogP contribution is -2.36. The summed E-state index contributed by atoms with van der Waals surface area (Å²) < 4.78 is 30.3. The van der Waals surface area contributed by atoms with Crippen LogP contribution in [0.4, 0.5) is 0 Å². The molecule has 1 aromatic heterocycles. The molecule has 0 bridgehead atoms. The van der Waals surface area contributed by atoms with Gasteiger partial charge in [-0.25, -0.2) is 13.1 Å². The van der Waals surface area contributed by atoms with Gasteiger partial charge < -0.3 is 0 Å². The van der Waals surface area contributed by atoms with Gasteiger partial charge in [-0.2, -0.15) is 9.40 Å². The van der Waals surface area contributed by atoms with Crippen molar-refractivity contribution in [2.75, 3.05) is 7.05 Å². The average Bonchev–Trinajstić information content (AvgIpc) is 3.23. The first-order chi connectivity index (χ1) is 14.3. The van der Waals surface area contributed by atoms with Crippen LogP contribution in [-0.2, 0) is 10.0 Å². The number of rotatable bonds is 8. The van der Waals surface area contributed by atoms with E-state index in [1.54, 1.807) is 13.2 Å². The van der Waals surface area contributed by atoms with Crippen molar-refractivity contribution in [3.05, 3.63) is 76.5 Å². The van der Waals surface area contributed by atoms with Crippen LogP contribution in [0.2, 0.25) is 10.0 Å². The zero-order chi connectivity index (χ0) is 21.9. The third-order valence-electron chi connectivity index (χ3n) is 5.43. The second-order valence-corrected chi connectivity index (χ2v) is 9.93. The van der Waals surface area contributed by atoms with Crippen molar-refractivity contribution in [1.29, 1.82) is 0 Å². The van der Waals surface area contributed by atoms with E-state index >= 15 is 0 Å². The van der Waals surface area contributed by atoms with Gasteiger partial charge in [0.15, 0.2) is 0 Å². The van der Waals surface area contributed by atoms with E-state index in [2.05, 4.69) is 18.9 Å². The van der Waals surface area contributed by atoms with E-state index in [4.69, 9.17) is 23.2 Å². The predicted molar refractivity (Wildman–Crippen MR) is 122 cm³/mol. The highest BCUT2D eigenvalue weighted by Crippen LogP contribution is 2.37. The van der Waals surface area contributed by atoms with E-state index in [0.717, 1.165) is 24.2 Å². The van der Waals surface area contributed by atoms with Gasteiger partial charge in [-0.3, -0.25) is 0 Å². The topological polar surface area (TPSA) is 55.2 Å². The Bertz CT molecular complexity index is 1100. The van der Waals surface area contributed by atoms with E-state index in [1.165, 1.54) is 22.5 Å². The van der Waals surface area contributed by atoms with E-state index < -0.39 is 16.1 Å². The van der Waals surface area contributed by atoms with Gasteiger partial charge in [-0.15, -0.1) is 0 Å². The molecule has 160 valence electrons. The van der Waals surface area contributed by atoms with Crippen LogP contribution in [0.5, 0.6) is 0 Å². The number of benzene rings is 2. The third kappa shape index (κ3) is 4.42. The molecule has 5 nitrogen and oxygen atoms in total. The van der Waals surface area contributed by atoms with Gasteiger partial charge in [0.05, 0.1) is 32.4 Å². The number of hydrogen-bond donors (Lipinski definition) is 0. The maximum Gasteiger partial charge on any atom is 0.243 e. The zero-order valence-corrected chi connectivity index (χ0v) is 19.5. The molecule has 3 aromatic rings. The highest BCUT2D eigenvalue weighted by atomic mass is 35.5. The summed E-state index contributed by atoms with van der Waals surface area (Å²) in [6.45, 7) is 4.15. The molecule has 8 heteroatoms. The molecule has 1 unspecified atom stereocenters. The highest BCUT2D eigenvalue weighted by Gasteiger charge is 2.35. The lowest BCUT2D eigenvalue weighted by atomic mass is 9.92. The van der Waals surface area contributed by atoms with Crippen molar-refractivity contribution in [3.63, 3.8) is 0 Å². The fraction of sp³-hybridized carbons (Fsp3) is 0.318. The molecule has 0 saturated carbocycles. The van der Waals surface area contributed by atoms with Gasteiger partial charge >= 0.3 is 0 Å². The Labute approximate surface area is 188 Å². The smallest absolute Gasteiger partial charge is 0.236 e. The summed E-state index contributed by atoms with van der Waals surface area (Å²) in [6, 6.07) is 15.6. The van der Waals surface area contributed by atoms with E-state index in [-0.39, 0.29) is 15.8 Å². The molecule has 0 amide bonds. The maximum atomic E-state index is 13.5. The third-order valence-corrected chi connectivity index (χ3v) is 8.00. The maximum absolute atomic E-state index is 13.5. The quantitative estimate of drug-likeness (QED) is 0.411. The van der Waals surface area contributed by atoms with Gasteiger partial charge in [-0.1, -0.05) is 68.1 Å². The summed E-state index contributed by atoms with van der Waals surface area (Å²) in [5, 5.41) is 5.00. The lowest BCUT2D eigenvalue weighted by molar-refractivity contribution is 0.248. The number of para-hydroxylation sites is 1. The SMILES string of the molecule is CCC(CC)C(c1ccnn1-c1ccccc1)N(C)S(=O)(=O)c1ccc(Cl)c(Cl)c1. The monoisotopic (exact) mass is 465 g/mol. The number of sulfonamides is 1. The van der Waals surface area contributed by atoms with Gasteiger partial charge in [-0.05, 0) is 42.3 Å². The Morgan fingerprint density at radius 2 is 1.67 bits per heavy atom. The van der Waals surface area contributed by atoms with Crippen molar-refractivity contribution >= 4 is 33.2 Å². The standard InChI is InChI=1S/C22H25Cl2N3O2S/c1-4-16(5-2)22(21-13-14-25-27(21)17-9-7-6-8-10-17)26(3)30(28,29)18-11-12-19(23)20(24)15-18/h6-16,22H,4-5H2,1-3H3. The molecule has 3 rings (SSSR count). The minimum Gasteiger partial charge on any atom is -0.236 e. The first-order valence-corrected chi connectivity index (χ1v) is 12.0. The molecule has 0 aliphatic heterocycles. The minimum atomic E-state index is -3.82. The summed E-state index contributed by atoms with van der Waals surface area (Å²) in [6.07, 6.45) is 3.35. The second kappa shape index (κ2) is 9.52. The van der Waals surface area contributed by atoms with Crippen molar-refractivity contribution in [2.24, 2.45) is 5.92 Å². The molecular weight excluding hydrogens is 441 g/mol. The van der Waals surface area contributed by atoms with Crippen molar-refractivity contribution in [2.45, 2.75) is 37.6 Å². The average molecular weight is 466 g/mol. The summed E-state index contributed by atoms with van der Waals surface area (Å²) in [5.41, 5.74) is 1.70. The molecule has 30 heavy (non-hydrogen) atoms. The predicted octanol–water partition coefficient (Wildman–Crippen LogP) is 5.98. The molecule has 0 N–H and O–H groups in total. The van der Waals surface area contributed by atoms with Crippen LogP contribution in [-0.4, -0.2) is 29.6 Å². The molecule has 1 heterocycles. The Kier molecular flexibility index (Phi) is 7.24. The van der Waals surface area contributed by atoms with Crippen LogP contribution in [0.1, 0.15) is 38.4 Å². The Morgan fingerprint density at radius 3 is 2.27 bits per heavy atom. The van der Waals surface area contributed by atoms with Gasteiger partial charge in [0, 0.05) is 13.2 Å². The van der Waals surface area contributed by atoms with Crippen molar-refractivity contribution < 1.29 is 8.42 Å². The molecule has 0 aliphatic rings. The zero-order valence-electron chi connectivity index (χ0n) is 17.2. The molecule has 0 radical (unpaired) electrons. The van der Waals surface area contributed by atoms with Crippen LogP contribution in [0.15, 0.2) is 65.7 Å². The molecule has 2 aromatic carbocycles. The highest BCUT2D eigenvalue weighted by molar-refractivity contribution is 7.89. The van der Waals surface area contributed by atoms with Gasteiger partial charge in [0.25, 0.3) is 0 Å². The fourth-order valence-corrected chi connectivity index (χ4v) is 5.52. The Morgan fingerprint density at radius 1 is 1.00 bits per heavy atom. The first-order valence-electron chi connectivity index (χ1n) is 9.83. The number of nitrogens with zero attached hydrogens (tertiary/aromatic N) is 3. The van der Waals surface area contributed by atoms with Crippen LogP contribution < -0.4 is 0 Å². The minimum absolute atomic E-state index is 0.103. The number of halogens is 2. The van der Waals surface area contributed by atoms with Crippen LogP contribution in [0.25, 0.3) is 5.69 Å². The van der Waals surface area contributed by atoms with Crippen LogP contribution in [0.3, 0.4) is 0 Å². The number of aromatic nitrogens is 2. The molecule has 0 aliphatic carbocycles. The fourth-order valence-electron chi connectivity index (χ4n) is 3.74. The van der Waals surface area contributed by atoms with Crippen LogP contribution in [0, 0.1) is 5.92 Å². The van der Waals surface area contributed by atoms with E-state index in [9.17, 15) is 8.42 Å². The molecule has 0 saturated heterocycles. The Balaban J connectivity index is 2.12. The van der Waals surface area contributed by atoms with Crippen molar-refractivity contribution in [3.8, 4) is 5.69 Å². The summed E-state index contributed by atoms with van der Waals surface area (Å²) in [7, 11) is -2.20. The van der Waals surface area contributed by atoms with Crippen molar-refractivity contribution in [1.82, 2.24) is 14.1 Å². The summed E-state index contributed by atoms with van der Waals surface area (Å²) in [4.78, 5) is 0.112. The van der Waals surface area contributed by atoms with E-state index in [1.807, 2.05) is 41.1 Å². The summed E-state index contributed by atoms with van der Waals surface area (Å²) in [5.74, 6) is 0.103. The molecular formula is C22H25Cl2N3O2S. The van der Waals surface area contributed by atoms with Gasteiger partial charge in [0.1, 0.15) is 0 Å². The second-order valence-electron chi connectivity index (χ2n) is 7.12. The Hall–Kier alpha value is -1.86. The number of hydrogen-bond acceptors (Lipinski definition) is 3. The molecule has 1 atom stereocenters. The van der Waals surface area contributed by atoms with Crippen LogP contribution >= 0.6 is 23.2 Å². The normalized spacial score (nSPS) is 13.2. The largest absolute Gasteiger partial charge is 0.243 e. The van der Waals surface area contributed by atoms with E-state index in [0.29, 0.717) is 5.02 Å². The van der Waals surface area contributed by atoms with Gasteiger partial charge in [0.2, 0.25) is 10.0 Å². The molecule has 0 fully saturated rings. The molecule has 0 spiro atoms. The lowest BCUT2D eigenvalue weighted by Gasteiger charge is -2.33. The summed E-state index contributed by atoms with van der Waals surface area (Å²) >= 11 is 12.1.